The van der Waals surface area contributed by atoms with Gasteiger partial charge in [0.15, 0.2) is 0 Å². The van der Waals surface area contributed by atoms with Gasteiger partial charge in [-0.25, -0.2) is 14.8 Å². The average molecular weight is 413 g/mol. The predicted molar refractivity (Wildman–Crippen MR) is 98.2 cm³/mol. The molecule has 158 valence electrons. The van der Waals surface area contributed by atoms with Crippen LogP contribution in [-0.2, 0) is 24.1 Å². The lowest BCUT2D eigenvalue weighted by molar-refractivity contribution is -0.138. The first-order valence-electron chi connectivity index (χ1n) is 9.08. The van der Waals surface area contributed by atoms with Crippen LogP contribution in [0.3, 0.4) is 0 Å². The second-order valence-corrected chi connectivity index (χ2v) is 6.98. The first kappa shape index (κ1) is 20.8. The van der Waals surface area contributed by atoms with Crippen LogP contribution in [-0.4, -0.2) is 62.1 Å². The van der Waals surface area contributed by atoms with E-state index in [1.807, 2.05) is 0 Å². The SMILES string of the molecule is CC(N)Cn1ccn(CC(=O)N2CCN(c3ncc(C(F)(F)F)cn3)CC2)c1=O. The quantitative estimate of drug-likeness (QED) is 0.749. The zero-order valence-corrected chi connectivity index (χ0v) is 15.8. The lowest BCUT2D eigenvalue weighted by atomic mass is 10.3. The zero-order valence-electron chi connectivity index (χ0n) is 15.8. The van der Waals surface area contributed by atoms with Crippen LogP contribution >= 0.6 is 0 Å². The summed E-state index contributed by atoms with van der Waals surface area (Å²) in [4.78, 5) is 35.6. The molecular formula is C17H22F3N7O2. The van der Waals surface area contributed by atoms with Crippen molar-refractivity contribution in [2.75, 3.05) is 31.1 Å². The fraction of sp³-hybridized carbons (Fsp3) is 0.529. The summed E-state index contributed by atoms with van der Waals surface area (Å²) in [5, 5.41) is 0. The van der Waals surface area contributed by atoms with E-state index in [0.29, 0.717) is 32.7 Å². The highest BCUT2D eigenvalue weighted by molar-refractivity contribution is 5.76. The largest absolute Gasteiger partial charge is 0.419 e. The number of imidazole rings is 1. The van der Waals surface area contributed by atoms with Gasteiger partial charge in [-0.05, 0) is 6.92 Å². The van der Waals surface area contributed by atoms with Crippen LogP contribution in [0, 0.1) is 0 Å². The van der Waals surface area contributed by atoms with E-state index >= 15 is 0 Å². The monoisotopic (exact) mass is 413 g/mol. The van der Waals surface area contributed by atoms with Gasteiger partial charge in [-0.2, -0.15) is 13.2 Å². The molecular weight excluding hydrogens is 391 g/mol. The van der Waals surface area contributed by atoms with E-state index in [1.165, 1.54) is 9.13 Å². The standard InChI is InChI=1S/C17H22F3N7O2/c1-12(21)10-26-6-7-27(16(26)29)11-14(28)24-2-4-25(5-3-24)15-22-8-13(9-23-15)17(18,19)20/h6-9,12H,2-5,10-11,21H2,1H3. The van der Waals surface area contributed by atoms with Gasteiger partial charge in [-0.3, -0.25) is 13.9 Å². The number of carbonyl (C=O) groups is 1. The highest BCUT2D eigenvalue weighted by Gasteiger charge is 2.32. The smallest absolute Gasteiger partial charge is 0.338 e. The fourth-order valence-corrected chi connectivity index (χ4v) is 3.06. The number of hydrogen-bond donors (Lipinski definition) is 1. The highest BCUT2D eigenvalue weighted by Crippen LogP contribution is 2.28. The van der Waals surface area contributed by atoms with E-state index in [2.05, 4.69) is 9.97 Å². The summed E-state index contributed by atoms with van der Waals surface area (Å²) >= 11 is 0. The van der Waals surface area contributed by atoms with Crippen LogP contribution in [0.15, 0.2) is 29.6 Å². The van der Waals surface area contributed by atoms with E-state index in [1.54, 1.807) is 29.1 Å². The maximum Gasteiger partial charge on any atom is 0.419 e. The third-order valence-corrected chi connectivity index (χ3v) is 4.59. The molecule has 1 aliphatic heterocycles. The Bertz CT molecular complexity index is 897. The molecule has 3 heterocycles. The molecule has 1 saturated heterocycles. The molecule has 2 N–H and O–H groups in total. The molecule has 0 spiro atoms. The van der Waals surface area contributed by atoms with Crippen molar-refractivity contribution in [1.82, 2.24) is 24.0 Å². The number of piperazine rings is 1. The minimum absolute atomic E-state index is 0.0818. The van der Waals surface area contributed by atoms with Gasteiger partial charge >= 0.3 is 11.9 Å². The van der Waals surface area contributed by atoms with Crippen LogP contribution in [0.4, 0.5) is 19.1 Å². The van der Waals surface area contributed by atoms with Gasteiger partial charge in [0.05, 0.1) is 5.56 Å². The summed E-state index contributed by atoms with van der Waals surface area (Å²) in [6.07, 6.45) is 0.162. The van der Waals surface area contributed by atoms with Gasteiger partial charge in [0.2, 0.25) is 11.9 Å². The summed E-state index contributed by atoms with van der Waals surface area (Å²) in [6, 6.07) is -0.181. The highest BCUT2D eigenvalue weighted by atomic mass is 19.4. The first-order valence-corrected chi connectivity index (χ1v) is 9.08. The number of carbonyl (C=O) groups excluding carboxylic acids is 1. The number of aromatic nitrogens is 4. The Morgan fingerprint density at radius 1 is 1.14 bits per heavy atom. The molecule has 0 radical (unpaired) electrons. The number of nitrogens with two attached hydrogens (primary N) is 1. The van der Waals surface area contributed by atoms with Crippen molar-refractivity contribution >= 4 is 11.9 Å². The van der Waals surface area contributed by atoms with Crippen LogP contribution in [0.5, 0.6) is 0 Å². The van der Waals surface area contributed by atoms with Gasteiger partial charge in [0, 0.05) is 63.6 Å². The Morgan fingerprint density at radius 3 is 2.28 bits per heavy atom. The number of anilines is 1. The van der Waals surface area contributed by atoms with E-state index in [-0.39, 0.29) is 30.1 Å². The van der Waals surface area contributed by atoms with Crippen molar-refractivity contribution in [3.8, 4) is 0 Å². The maximum absolute atomic E-state index is 12.6. The van der Waals surface area contributed by atoms with Crippen molar-refractivity contribution < 1.29 is 18.0 Å². The predicted octanol–water partition coefficient (Wildman–Crippen LogP) is 0.155. The number of rotatable bonds is 5. The molecule has 29 heavy (non-hydrogen) atoms. The van der Waals surface area contributed by atoms with Gasteiger partial charge < -0.3 is 15.5 Å². The molecule has 1 atom stereocenters. The van der Waals surface area contributed by atoms with Gasteiger partial charge in [0.1, 0.15) is 6.54 Å². The summed E-state index contributed by atoms with van der Waals surface area (Å²) in [6.45, 7) is 3.56. The second-order valence-electron chi connectivity index (χ2n) is 6.98. The second kappa shape index (κ2) is 8.23. The Kier molecular flexibility index (Phi) is 5.91. The van der Waals surface area contributed by atoms with Crippen LogP contribution in [0.1, 0.15) is 12.5 Å². The molecule has 12 heteroatoms. The minimum atomic E-state index is -4.48. The fourth-order valence-electron chi connectivity index (χ4n) is 3.06. The van der Waals surface area contributed by atoms with E-state index < -0.39 is 11.7 Å². The summed E-state index contributed by atoms with van der Waals surface area (Å²) < 4.78 is 40.6. The third kappa shape index (κ3) is 4.94. The summed E-state index contributed by atoms with van der Waals surface area (Å²) in [7, 11) is 0. The van der Waals surface area contributed by atoms with Crippen LogP contribution < -0.4 is 16.3 Å². The molecule has 1 amide bonds. The van der Waals surface area contributed by atoms with Crippen molar-refractivity contribution in [1.29, 1.82) is 0 Å². The topological polar surface area (TPSA) is 102 Å². The van der Waals surface area contributed by atoms with Crippen molar-refractivity contribution in [2.45, 2.75) is 32.2 Å². The zero-order chi connectivity index (χ0) is 21.2. The number of halogens is 3. The van der Waals surface area contributed by atoms with Crippen molar-refractivity contribution in [3.63, 3.8) is 0 Å². The summed E-state index contributed by atoms with van der Waals surface area (Å²) in [5.74, 6) is -0.0204. The Labute approximate surface area is 164 Å². The Hall–Kier alpha value is -2.89. The summed E-state index contributed by atoms with van der Waals surface area (Å²) in [5.41, 5.74) is 4.49. The van der Waals surface area contributed by atoms with Crippen molar-refractivity contribution in [3.05, 3.63) is 40.8 Å². The van der Waals surface area contributed by atoms with Crippen LogP contribution in [0.2, 0.25) is 0 Å². The first-order chi connectivity index (χ1) is 13.6. The number of hydrogen-bond acceptors (Lipinski definition) is 6. The number of alkyl halides is 3. The molecule has 2 aromatic heterocycles. The molecule has 0 aliphatic carbocycles. The third-order valence-electron chi connectivity index (χ3n) is 4.59. The Balaban J connectivity index is 1.56. The molecule has 1 aliphatic rings. The Morgan fingerprint density at radius 2 is 1.72 bits per heavy atom. The van der Waals surface area contributed by atoms with E-state index in [0.717, 1.165) is 12.4 Å². The molecule has 1 unspecified atom stereocenters. The molecule has 0 aromatic carbocycles. The van der Waals surface area contributed by atoms with Gasteiger partial charge in [0.25, 0.3) is 0 Å². The molecule has 0 bridgehead atoms. The van der Waals surface area contributed by atoms with Gasteiger partial charge in [-0.15, -0.1) is 0 Å². The van der Waals surface area contributed by atoms with Crippen LogP contribution in [0.25, 0.3) is 0 Å². The van der Waals surface area contributed by atoms with E-state index in [9.17, 15) is 22.8 Å². The lowest BCUT2D eigenvalue weighted by Crippen LogP contribution is -2.50. The minimum Gasteiger partial charge on any atom is -0.338 e. The lowest BCUT2D eigenvalue weighted by Gasteiger charge is -2.34. The molecule has 3 rings (SSSR count). The maximum atomic E-state index is 12.6. The number of amides is 1. The van der Waals surface area contributed by atoms with Gasteiger partial charge in [-0.1, -0.05) is 0 Å². The molecule has 0 saturated carbocycles. The normalized spacial score (nSPS) is 16.2. The van der Waals surface area contributed by atoms with E-state index in [4.69, 9.17) is 5.73 Å². The molecule has 1 fully saturated rings. The number of nitrogens with zero attached hydrogens (tertiary/aromatic N) is 6. The molecule has 2 aromatic rings. The molecule has 9 nitrogen and oxygen atoms in total. The average Bonchev–Trinajstić information content (AvgIpc) is 3.00. The van der Waals surface area contributed by atoms with Crippen molar-refractivity contribution in [2.24, 2.45) is 5.73 Å².